The number of anilines is 2. The normalized spacial score (nSPS) is 10.9. The Kier molecular flexibility index (Phi) is 5.71. The summed E-state index contributed by atoms with van der Waals surface area (Å²) in [5.41, 5.74) is 4.09. The molecule has 2 N–H and O–H groups in total. The average Bonchev–Trinajstić information content (AvgIpc) is 3.12. The number of carbonyl (C=O) groups excluding carboxylic acids is 1. The molecule has 0 aliphatic carbocycles. The van der Waals surface area contributed by atoms with Gasteiger partial charge < -0.3 is 5.32 Å². The molecule has 0 atom stereocenters. The number of benzene rings is 2. The van der Waals surface area contributed by atoms with Crippen molar-refractivity contribution in [3.05, 3.63) is 71.0 Å². The molecule has 2 aromatic carbocycles. The maximum absolute atomic E-state index is 12.2. The summed E-state index contributed by atoms with van der Waals surface area (Å²) in [6, 6.07) is 12.9. The number of halogens is 1. The van der Waals surface area contributed by atoms with Crippen LogP contribution < -0.4 is 10.6 Å². The highest BCUT2D eigenvalue weighted by atomic mass is 35.5. The molecule has 29 heavy (non-hydrogen) atoms. The minimum Gasteiger partial charge on any atom is -0.308 e. The fourth-order valence-corrected chi connectivity index (χ4v) is 4.80. The summed E-state index contributed by atoms with van der Waals surface area (Å²) in [5.74, 6) is 0. The van der Waals surface area contributed by atoms with E-state index in [-0.39, 0.29) is 6.03 Å². The SMILES string of the molecule is Cc1cc2nccc(Sc3ncc(NC(=O)Nc4ccc(Cl)cc4)s3)c2cc1C. The largest absolute Gasteiger partial charge is 0.324 e. The molecule has 0 fully saturated rings. The van der Waals surface area contributed by atoms with Gasteiger partial charge in [-0.15, -0.1) is 0 Å². The molecule has 2 aromatic heterocycles. The molecule has 0 radical (unpaired) electrons. The van der Waals surface area contributed by atoms with Crippen LogP contribution in [0, 0.1) is 13.8 Å². The highest BCUT2D eigenvalue weighted by Crippen LogP contribution is 2.37. The van der Waals surface area contributed by atoms with Crippen LogP contribution in [-0.4, -0.2) is 16.0 Å². The van der Waals surface area contributed by atoms with Gasteiger partial charge in [-0.2, -0.15) is 0 Å². The Bertz CT molecular complexity index is 1190. The maximum Gasteiger partial charge on any atom is 0.324 e. The first-order valence-electron chi connectivity index (χ1n) is 8.81. The number of pyridine rings is 1. The van der Waals surface area contributed by atoms with Gasteiger partial charge in [0.15, 0.2) is 4.34 Å². The van der Waals surface area contributed by atoms with E-state index in [1.54, 1.807) is 42.2 Å². The third-order valence-corrected chi connectivity index (χ3v) is 6.65. The van der Waals surface area contributed by atoms with Crippen molar-refractivity contribution in [1.29, 1.82) is 0 Å². The van der Waals surface area contributed by atoms with Gasteiger partial charge in [0, 0.05) is 27.2 Å². The lowest BCUT2D eigenvalue weighted by Gasteiger charge is -2.07. The number of hydrogen-bond acceptors (Lipinski definition) is 5. The van der Waals surface area contributed by atoms with Crippen LogP contribution in [0.1, 0.15) is 11.1 Å². The summed E-state index contributed by atoms with van der Waals surface area (Å²) >= 11 is 8.85. The van der Waals surface area contributed by atoms with Gasteiger partial charge in [0.25, 0.3) is 0 Å². The van der Waals surface area contributed by atoms with Gasteiger partial charge in [-0.1, -0.05) is 34.7 Å². The molecule has 0 bridgehead atoms. The van der Waals surface area contributed by atoms with Crippen LogP contribution >= 0.6 is 34.7 Å². The Morgan fingerprint density at radius 2 is 1.79 bits per heavy atom. The van der Waals surface area contributed by atoms with E-state index >= 15 is 0 Å². The first-order chi connectivity index (χ1) is 14.0. The highest BCUT2D eigenvalue weighted by Gasteiger charge is 2.11. The Hall–Kier alpha value is -2.61. The zero-order valence-electron chi connectivity index (χ0n) is 15.7. The summed E-state index contributed by atoms with van der Waals surface area (Å²) in [7, 11) is 0. The van der Waals surface area contributed by atoms with E-state index in [0.717, 1.165) is 20.1 Å². The number of aromatic nitrogens is 2. The third kappa shape index (κ3) is 4.70. The van der Waals surface area contributed by atoms with Gasteiger partial charge in [-0.25, -0.2) is 9.78 Å². The second-order valence-corrected chi connectivity index (χ2v) is 9.20. The van der Waals surface area contributed by atoms with Gasteiger partial charge in [0.2, 0.25) is 0 Å². The summed E-state index contributed by atoms with van der Waals surface area (Å²) in [6.45, 7) is 4.19. The monoisotopic (exact) mass is 440 g/mol. The fraction of sp³-hybridized carbons (Fsp3) is 0.0952. The fourth-order valence-electron chi connectivity index (χ4n) is 2.73. The molecule has 5 nitrogen and oxygen atoms in total. The van der Waals surface area contributed by atoms with Gasteiger partial charge in [-0.3, -0.25) is 10.3 Å². The number of rotatable bonds is 4. The van der Waals surface area contributed by atoms with E-state index in [4.69, 9.17) is 11.6 Å². The highest BCUT2D eigenvalue weighted by molar-refractivity contribution is 8.01. The van der Waals surface area contributed by atoms with E-state index in [9.17, 15) is 4.79 Å². The zero-order valence-corrected chi connectivity index (χ0v) is 18.1. The zero-order chi connectivity index (χ0) is 20.4. The number of urea groups is 1. The van der Waals surface area contributed by atoms with Crippen molar-refractivity contribution in [3.8, 4) is 0 Å². The molecule has 4 rings (SSSR count). The van der Waals surface area contributed by atoms with Gasteiger partial charge >= 0.3 is 6.03 Å². The van der Waals surface area contributed by atoms with Crippen LogP contribution in [-0.2, 0) is 0 Å². The average molecular weight is 441 g/mol. The van der Waals surface area contributed by atoms with E-state index < -0.39 is 0 Å². The topological polar surface area (TPSA) is 66.9 Å². The molecule has 2 heterocycles. The third-order valence-electron chi connectivity index (χ3n) is 4.34. The van der Waals surface area contributed by atoms with Gasteiger partial charge in [-0.05, 0) is 67.4 Å². The predicted molar refractivity (Wildman–Crippen MR) is 122 cm³/mol. The van der Waals surface area contributed by atoms with Gasteiger partial charge in [0.1, 0.15) is 5.00 Å². The van der Waals surface area contributed by atoms with Crippen molar-refractivity contribution in [2.75, 3.05) is 10.6 Å². The van der Waals surface area contributed by atoms with Crippen LogP contribution in [0.5, 0.6) is 0 Å². The van der Waals surface area contributed by atoms with E-state index in [0.29, 0.717) is 15.7 Å². The number of amides is 2. The van der Waals surface area contributed by atoms with Crippen molar-refractivity contribution in [1.82, 2.24) is 9.97 Å². The van der Waals surface area contributed by atoms with Crippen LogP contribution in [0.15, 0.2) is 64.1 Å². The Balaban J connectivity index is 1.47. The molecule has 0 unspecified atom stereocenters. The lowest BCUT2D eigenvalue weighted by Crippen LogP contribution is -2.18. The molecule has 0 spiro atoms. The summed E-state index contributed by atoms with van der Waals surface area (Å²) in [6.07, 6.45) is 3.47. The number of thiazole rings is 1. The molecule has 0 aliphatic heterocycles. The number of nitrogens with one attached hydrogen (secondary N) is 2. The molecular formula is C21H17ClN4OS2. The van der Waals surface area contributed by atoms with Crippen molar-refractivity contribution in [3.63, 3.8) is 0 Å². The van der Waals surface area contributed by atoms with Crippen LogP contribution in [0.25, 0.3) is 10.9 Å². The maximum atomic E-state index is 12.2. The molecule has 4 aromatic rings. The quantitative estimate of drug-likeness (QED) is 0.368. The minimum atomic E-state index is -0.326. The Labute approximate surface area is 181 Å². The Morgan fingerprint density at radius 1 is 1.03 bits per heavy atom. The predicted octanol–water partition coefficient (Wildman–Crippen LogP) is 6.76. The molecule has 8 heteroatoms. The summed E-state index contributed by atoms with van der Waals surface area (Å²) in [4.78, 5) is 22.2. The minimum absolute atomic E-state index is 0.326. The second kappa shape index (κ2) is 8.41. The lowest BCUT2D eigenvalue weighted by molar-refractivity contribution is 0.262. The number of fused-ring (bicyclic) bond motifs is 1. The van der Waals surface area contributed by atoms with Crippen molar-refractivity contribution in [2.24, 2.45) is 0 Å². The molecule has 0 saturated carbocycles. The van der Waals surface area contributed by atoms with E-state index in [2.05, 4.69) is 46.6 Å². The van der Waals surface area contributed by atoms with E-state index in [1.807, 2.05) is 12.3 Å². The number of carbonyl (C=O) groups is 1. The second-order valence-electron chi connectivity index (χ2n) is 6.44. The number of hydrogen-bond donors (Lipinski definition) is 2. The van der Waals surface area contributed by atoms with Gasteiger partial charge in [0.05, 0.1) is 11.7 Å². The van der Waals surface area contributed by atoms with Crippen LogP contribution in [0.3, 0.4) is 0 Å². The molecule has 146 valence electrons. The van der Waals surface area contributed by atoms with Crippen LogP contribution in [0.2, 0.25) is 5.02 Å². The smallest absolute Gasteiger partial charge is 0.308 e. The summed E-state index contributed by atoms with van der Waals surface area (Å²) < 4.78 is 0.845. The molecule has 0 saturated heterocycles. The molecule has 0 aliphatic rings. The number of aryl methyl sites for hydroxylation is 2. The number of nitrogens with zero attached hydrogens (tertiary/aromatic N) is 2. The van der Waals surface area contributed by atoms with E-state index in [1.165, 1.54) is 22.5 Å². The molecule has 2 amide bonds. The van der Waals surface area contributed by atoms with Crippen molar-refractivity contribution in [2.45, 2.75) is 23.1 Å². The van der Waals surface area contributed by atoms with Crippen LogP contribution in [0.4, 0.5) is 15.5 Å². The van der Waals surface area contributed by atoms with Crippen molar-refractivity contribution >= 4 is 62.3 Å². The molecular weight excluding hydrogens is 424 g/mol. The first-order valence-corrected chi connectivity index (χ1v) is 10.8. The standard InChI is InChI=1S/C21H17ClN4OS2/c1-12-9-16-17(10-13(12)2)23-8-7-18(16)28-21-24-11-19(29-21)26-20(27)25-15-5-3-14(22)4-6-15/h3-11H,1-2H3,(H2,25,26,27). The summed E-state index contributed by atoms with van der Waals surface area (Å²) in [5, 5.41) is 7.97. The van der Waals surface area contributed by atoms with Crippen molar-refractivity contribution < 1.29 is 4.79 Å². The Morgan fingerprint density at radius 3 is 2.59 bits per heavy atom. The first kappa shape index (κ1) is 19.7. The lowest BCUT2D eigenvalue weighted by atomic mass is 10.1.